The molecule has 5 heteroatoms. The molecule has 0 atom stereocenters. The van der Waals surface area contributed by atoms with E-state index in [2.05, 4.69) is 10.5 Å². The molecule has 3 aromatic rings. The fourth-order valence-electron chi connectivity index (χ4n) is 2.40. The van der Waals surface area contributed by atoms with Crippen LogP contribution in [0.25, 0.3) is 10.8 Å². The van der Waals surface area contributed by atoms with Crippen LogP contribution in [0.2, 0.25) is 0 Å². The third-order valence-electron chi connectivity index (χ3n) is 3.62. The van der Waals surface area contributed by atoms with Crippen molar-refractivity contribution in [1.29, 1.82) is 0 Å². The molecule has 0 bridgehead atoms. The van der Waals surface area contributed by atoms with Gasteiger partial charge in [-0.15, -0.1) is 0 Å². The standard InChI is InChI=1S/C19H16N2O3/c1-24-18-9-5-4-8-15(18)12-20-21-19(23)16-10-13-6-2-3-7-14(13)11-17(16)22/h2-12,22H,1H3,(H,21,23)/b20-12+. The average Bonchev–Trinajstić information content (AvgIpc) is 2.61. The summed E-state index contributed by atoms with van der Waals surface area (Å²) in [4.78, 5) is 12.2. The van der Waals surface area contributed by atoms with Crippen LogP contribution in [0.3, 0.4) is 0 Å². The van der Waals surface area contributed by atoms with Crippen molar-refractivity contribution >= 4 is 22.9 Å². The number of para-hydroxylation sites is 1. The van der Waals surface area contributed by atoms with Crippen LogP contribution in [0.5, 0.6) is 11.5 Å². The molecule has 3 rings (SSSR count). The number of aromatic hydroxyl groups is 1. The summed E-state index contributed by atoms with van der Waals surface area (Å²) in [6, 6.07) is 18.0. The van der Waals surface area contributed by atoms with Crippen molar-refractivity contribution in [2.45, 2.75) is 0 Å². The Balaban J connectivity index is 1.80. The molecule has 2 N–H and O–H groups in total. The lowest BCUT2D eigenvalue weighted by molar-refractivity contribution is 0.0952. The van der Waals surface area contributed by atoms with Crippen molar-refractivity contribution < 1.29 is 14.6 Å². The predicted octanol–water partition coefficient (Wildman–Crippen LogP) is 3.32. The van der Waals surface area contributed by atoms with E-state index in [0.717, 1.165) is 16.3 Å². The zero-order valence-corrected chi connectivity index (χ0v) is 13.1. The van der Waals surface area contributed by atoms with Crippen LogP contribution in [0.1, 0.15) is 15.9 Å². The number of hydrogen-bond acceptors (Lipinski definition) is 4. The van der Waals surface area contributed by atoms with E-state index in [1.165, 1.54) is 6.21 Å². The molecule has 0 aromatic heterocycles. The van der Waals surface area contributed by atoms with Crippen molar-refractivity contribution in [3.05, 3.63) is 71.8 Å². The molecule has 0 spiro atoms. The first-order valence-electron chi connectivity index (χ1n) is 7.37. The van der Waals surface area contributed by atoms with Crippen LogP contribution < -0.4 is 10.2 Å². The summed E-state index contributed by atoms with van der Waals surface area (Å²) in [6.45, 7) is 0. The second-order valence-electron chi connectivity index (χ2n) is 5.16. The summed E-state index contributed by atoms with van der Waals surface area (Å²) < 4.78 is 5.21. The Kier molecular flexibility index (Phi) is 4.43. The van der Waals surface area contributed by atoms with Crippen LogP contribution in [-0.2, 0) is 0 Å². The number of rotatable bonds is 4. The molecule has 0 heterocycles. The van der Waals surface area contributed by atoms with Crippen LogP contribution in [-0.4, -0.2) is 24.3 Å². The fourth-order valence-corrected chi connectivity index (χ4v) is 2.40. The molecule has 0 aliphatic rings. The van der Waals surface area contributed by atoms with Gasteiger partial charge in [-0.1, -0.05) is 36.4 Å². The monoisotopic (exact) mass is 320 g/mol. The third kappa shape index (κ3) is 3.20. The Labute approximate surface area is 139 Å². The zero-order valence-electron chi connectivity index (χ0n) is 13.1. The minimum absolute atomic E-state index is 0.0845. The number of carbonyl (C=O) groups is 1. The number of methoxy groups -OCH3 is 1. The van der Waals surface area contributed by atoms with E-state index in [4.69, 9.17) is 4.74 Å². The number of phenolic OH excluding ortho intramolecular Hbond substituents is 1. The van der Waals surface area contributed by atoms with Crippen molar-refractivity contribution in [3.63, 3.8) is 0 Å². The maximum Gasteiger partial charge on any atom is 0.275 e. The number of carbonyl (C=O) groups excluding carboxylic acids is 1. The summed E-state index contributed by atoms with van der Waals surface area (Å²) in [7, 11) is 1.57. The van der Waals surface area contributed by atoms with Gasteiger partial charge >= 0.3 is 0 Å². The SMILES string of the molecule is COc1ccccc1/C=N/NC(=O)c1cc2ccccc2cc1O. The first-order chi connectivity index (χ1) is 11.7. The predicted molar refractivity (Wildman–Crippen MR) is 93.7 cm³/mol. The van der Waals surface area contributed by atoms with Crippen LogP contribution in [0.4, 0.5) is 0 Å². The molecule has 0 fully saturated rings. The number of ether oxygens (including phenoxy) is 1. The molecule has 0 saturated carbocycles. The van der Waals surface area contributed by atoms with E-state index in [0.29, 0.717) is 5.75 Å². The Morgan fingerprint density at radius 2 is 1.75 bits per heavy atom. The summed E-state index contributed by atoms with van der Waals surface area (Å²) in [5.41, 5.74) is 3.33. The second-order valence-corrected chi connectivity index (χ2v) is 5.16. The topological polar surface area (TPSA) is 70.9 Å². The van der Waals surface area contributed by atoms with E-state index in [9.17, 15) is 9.90 Å². The lowest BCUT2D eigenvalue weighted by Crippen LogP contribution is -2.17. The van der Waals surface area contributed by atoms with Gasteiger partial charge in [-0.2, -0.15) is 5.10 Å². The molecule has 0 aliphatic heterocycles. The highest BCUT2D eigenvalue weighted by atomic mass is 16.5. The number of benzene rings is 3. The maximum absolute atomic E-state index is 12.2. The van der Waals surface area contributed by atoms with E-state index >= 15 is 0 Å². The van der Waals surface area contributed by atoms with Gasteiger partial charge in [0.1, 0.15) is 11.5 Å². The van der Waals surface area contributed by atoms with Gasteiger partial charge in [-0.3, -0.25) is 4.79 Å². The molecule has 0 radical (unpaired) electrons. The minimum Gasteiger partial charge on any atom is -0.507 e. The molecular formula is C19H16N2O3. The summed E-state index contributed by atoms with van der Waals surface area (Å²) in [5, 5.41) is 15.7. The Morgan fingerprint density at radius 1 is 1.08 bits per heavy atom. The number of amides is 1. The summed E-state index contributed by atoms with van der Waals surface area (Å²) in [6.07, 6.45) is 1.49. The normalized spacial score (nSPS) is 10.9. The minimum atomic E-state index is -0.482. The Hall–Kier alpha value is -3.34. The molecule has 24 heavy (non-hydrogen) atoms. The Morgan fingerprint density at radius 3 is 2.50 bits per heavy atom. The number of hydrazone groups is 1. The molecule has 1 amide bonds. The average molecular weight is 320 g/mol. The van der Waals surface area contributed by atoms with Gasteiger partial charge in [-0.25, -0.2) is 5.43 Å². The quantitative estimate of drug-likeness (QED) is 0.572. The molecular weight excluding hydrogens is 304 g/mol. The highest BCUT2D eigenvalue weighted by Gasteiger charge is 2.11. The highest BCUT2D eigenvalue weighted by molar-refractivity contribution is 6.01. The van der Waals surface area contributed by atoms with Crippen LogP contribution >= 0.6 is 0 Å². The number of fused-ring (bicyclic) bond motifs is 1. The van der Waals surface area contributed by atoms with E-state index in [1.54, 1.807) is 25.3 Å². The first kappa shape index (κ1) is 15.6. The molecule has 0 aliphatic carbocycles. The van der Waals surface area contributed by atoms with Crippen LogP contribution in [0, 0.1) is 0 Å². The molecule has 120 valence electrons. The lowest BCUT2D eigenvalue weighted by Gasteiger charge is -2.06. The molecule has 0 unspecified atom stereocenters. The molecule has 0 saturated heterocycles. The summed E-state index contributed by atoms with van der Waals surface area (Å²) >= 11 is 0. The third-order valence-corrected chi connectivity index (χ3v) is 3.62. The van der Waals surface area contributed by atoms with E-state index < -0.39 is 5.91 Å². The fraction of sp³-hybridized carbons (Fsp3) is 0.0526. The molecule has 5 nitrogen and oxygen atoms in total. The van der Waals surface area contributed by atoms with Gasteiger partial charge in [0.25, 0.3) is 5.91 Å². The number of phenols is 1. The lowest BCUT2D eigenvalue weighted by atomic mass is 10.1. The number of hydrogen-bond donors (Lipinski definition) is 2. The van der Waals surface area contributed by atoms with Crippen molar-refractivity contribution in [2.24, 2.45) is 5.10 Å². The van der Waals surface area contributed by atoms with Crippen LogP contribution in [0.15, 0.2) is 65.8 Å². The first-order valence-corrected chi connectivity index (χ1v) is 7.37. The van der Waals surface area contributed by atoms with Gasteiger partial charge in [0.2, 0.25) is 0 Å². The largest absolute Gasteiger partial charge is 0.507 e. The van der Waals surface area contributed by atoms with Gasteiger partial charge in [0.15, 0.2) is 0 Å². The van der Waals surface area contributed by atoms with Gasteiger partial charge in [0.05, 0.1) is 18.9 Å². The maximum atomic E-state index is 12.2. The van der Waals surface area contributed by atoms with E-state index in [-0.39, 0.29) is 11.3 Å². The van der Waals surface area contributed by atoms with E-state index in [1.807, 2.05) is 42.5 Å². The zero-order chi connectivity index (χ0) is 16.9. The smallest absolute Gasteiger partial charge is 0.275 e. The van der Waals surface area contributed by atoms with Crippen molar-refractivity contribution in [2.75, 3.05) is 7.11 Å². The van der Waals surface area contributed by atoms with Crippen molar-refractivity contribution in [1.82, 2.24) is 5.43 Å². The highest BCUT2D eigenvalue weighted by Crippen LogP contribution is 2.24. The second kappa shape index (κ2) is 6.83. The number of nitrogens with zero attached hydrogens (tertiary/aromatic N) is 1. The number of nitrogens with one attached hydrogen (secondary N) is 1. The van der Waals surface area contributed by atoms with Gasteiger partial charge < -0.3 is 9.84 Å². The Bertz CT molecular complexity index is 919. The van der Waals surface area contributed by atoms with Crippen molar-refractivity contribution in [3.8, 4) is 11.5 Å². The summed E-state index contributed by atoms with van der Waals surface area (Å²) in [5.74, 6) is 0.0899. The van der Waals surface area contributed by atoms with Gasteiger partial charge in [0, 0.05) is 5.56 Å². The van der Waals surface area contributed by atoms with Gasteiger partial charge in [-0.05, 0) is 35.0 Å². The molecule has 3 aromatic carbocycles.